The monoisotopic (exact) mass is 1860 g/mol. The molecule has 0 saturated carbocycles. The summed E-state index contributed by atoms with van der Waals surface area (Å²) in [6, 6.07) is 2.72. The lowest BCUT2D eigenvalue weighted by molar-refractivity contribution is -0.334. The van der Waals surface area contributed by atoms with Gasteiger partial charge in [-0.3, -0.25) is 53.3 Å². The van der Waals surface area contributed by atoms with Gasteiger partial charge in [-0.25, -0.2) is 10.3 Å². The van der Waals surface area contributed by atoms with E-state index in [9.17, 15) is 83.1 Å². The van der Waals surface area contributed by atoms with Crippen molar-refractivity contribution >= 4 is 88.1 Å². The molecule has 698 valence electrons. The number of aliphatic hydroxyl groups is 6. The highest BCUT2D eigenvalue weighted by Gasteiger charge is 2.53. The number of carbonyl (C=O) groups is 10. The predicted molar refractivity (Wildman–Crippen MR) is 444 cm³/mol. The van der Waals surface area contributed by atoms with Gasteiger partial charge < -0.3 is 138 Å². The van der Waals surface area contributed by atoms with E-state index in [1.54, 1.807) is 31.0 Å². The van der Waals surface area contributed by atoms with E-state index in [0.29, 0.717) is 32.4 Å². The quantitative estimate of drug-likeness (QED) is 0.0264. The molecule has 0 aliphatic carbocycles. The van der Waals surface area contributed by atoms with Crippen LogP contribution in [0.25, 0.3) is 11.1 Å². The third kappa shape index (κ3) is 22.8. The molecule has 0 aromatic heterocycles. The summed E-state index contributed by atoms with van der Waals surface area (Å²) in [5.41, 5.74) is 3.47. The van der Waals surface area contributed by atoms with Gasteiger partial charge in [0.2, 0.25) is 53.4 Å². The molecular weight excluding hydrogens is 1760 g/mol. The third-order valence-corrected chi connectivity index (χ3v) is 23.2. The van der Waals surface area contributed by atoms with E-state index in [-0.39, 0.29) is 48.0 Å². The average molecular weight is 1860 g/mol. The molecule has 8 aliphatic rings. The number of aliphatic hydroxyl groups excluding tert-OH is 6. The Morgan fingerprint density at radius 3 is 1.98 bits per heavy atom. The number of amides is 11. The topological polar surface area (TPSA) is 612 Å². The number of hydroxylamine groups is 1. The number of ether oxygens (including phenoxy) is 7. The van der Waals surface area contributed by atoms with E-state index >= 15 is 24.0 Å². The first-order valence-electron chi connectivity index (χ1n) is 40.8. The number of fused-ring (bicyclic) bond motifs is 15. The molecule has 18 atom stereocenters. The second kappa shape index (κ2) is 41.3. The van der Waals surface area contributed by atoms with Crippen LogP contribution in [-0.4, -0.2) is 235 Å². The number of likely N-dealkylation sites (tertiary alicyclic amines) is 1. The molecule has 11 bridgehead atoms. The number of likely N-dealkylation sites (N-methyl/N-ethyl adjacent to an activating group) is 1. The number of carbonyl (C=O) groups excluding carboxylic acids is 10. The van der Waals surface area contributed by atoms with Crippen LogP contribution in [0.1, 0.15) is 124 Å². The van der Waals surface area contributed by atoms with Crippen molar-refractivity contribution in [3.8, 4) is 69.1 Å². The second-order valence-corrected chi connectivity index (χ2v) is 33.2. The van der Waals surface area contributed by atoms with Crippen LogP contribution in [0.5, 0.6) is 51.7 Å². The number of primary amides is 1. The van der Waals surface area contributed by atoms with Crippen molar-refractivity contribution in [1.82, 2.24) is 58.2 Å². The van der Waals surface area contributed by atoms with Crippen LogP contribution in [0.2, 0.25) is 10.0 Å². The molecule has 8 heterocycles. The van der Waals surface area contributed by atoms with Crippen LogP contribution in [0.3, 0.4) is 0 Å². The third-order valence-electron chi connectivity index (χ3n) is 22.6. The van der Waals surface area contributed by atoms with Gasteiger partial charge in [0.15, 0.2) is 36.7 Å². The summed E-state index contributed by atoms with van der Waals surface area (Å²) in [6.07, 6.45) is -21.4. The first kappa shape index (κ1) is 96.9. The van der Waals surface area contributed by atoms with Gasteiger partial charge in [0.25, 0.3) is 11.8 Å². The summed E-state index contributed by atoms with van der Waals surface area (Å²) >= 11 is 14.4. The first-order chi connectivity index (χ1) is 61.6. The van der Waals surface area contributed by atoms with Crippen molar-refractivity contribution in [2.24, 2.45) is 17.6 Å². The average Bonchev–Trinajstić information content (AvgIpc) is 0.761. The molecule has 3 fully saturated rings. The normalized spacial score (nSPS) is 26.3. The number of nitrogens with two attached hydrogens (primary N) is 1. The molecule has 14 rings (SSSR count). The molecule has 3 saturated heterocycles. The molecule has 6 aromatic carbocycles. The molecule has 0 spiro atoms. The van der Waals surface area contributed by atoms with Crippen LogP contribution in [0.4, 0.5) is 23.7 Å². The van der Waals surface area contributed by atoms with Gasteiger partial charge in [-0.15, -0.1) is 13.2 Å². The minimum Gasteiger partial charge on any atom is -0.508 e. The number of phenolic OH excluding ortho intramolecular Hbond substituents is 3. The maximum Gasteiger partial charge on any atom is 0.573 e. The van der Waals surface area contributed by atoms with Gasteiger partial charge in [-0.1, -0.05) is 55.2 Å². The summed E-state index contributed by atoms with van der Waals surface area (Å²) in [5, 5.41) is 140. The number of anilines is 1. The number of nitrogens with one attached hydrogen (secondary N) is 11. The zero-order valence-electron chi connectivity index (χ0n) is 69.8. The number of hydrogen-bond donors (Lipinski definition) is 21. The van der Waals surface area contributed by atoms with Crippen molar-refractivity contribution in [1.29, 1.82) is 5.26 Å². The molecule has 6 aromatic rings. The van der Waals surface area contributed by atoms with E-state index in [1.165, 1.54) is 38.4 Å². The summed E-state index contributed by atoms with van der Waals surface area (Å²) in [6.45, 7) is 5.62. The highest BCUT2D eigenvalue weighted by Crippen LogP contribution is 2.50. The highest BCUT2D eigenvalue weighted by atomic mass is 35.5. The van der Waals surface area contributed by atoms with Crippen LogP contribution in [0, 0.1) is 23.3 Å². The summed E-state index contributed by atoms with van der Waals surface area (Å²) in [7, 11) is 1.45. The Morgan fingerprint density at radius 2 is 1.37 bits per heavy atom. The standard InChI is InChI=1S/C84H95Cl2F3N14O27/c1-35(2)22-49(92-5)74(115)100-65-67(110)39-7-14-53(47(85)24-39)125-55-26-41-27-56(71(55)129-81-72(70(113)69(112)57(32-104)127-81)128-60-31-83(4,73(114)36(3)124-60)94-19-16-37-17-20-103(21-18-37)82(122)95-42-9-11-44(12-10-42)130-84(87,88)89)126-54-15-8-40(25-48(54)86)68(111)66-79(120)99-64(80(121)102-123-33-59(109)93-34-90)46-28-43(105)29-52(107)61(46)45-23-38(6-13-51(45)106)62(76(117)101-66)98-77(118)63(41)97-75(116)50(30-58(91)108)96-78(65)119/h6-15,23-29,35-37,49-50,57,60,62-70,72-73,81,92,94,104-107,110-114H,16-22,30-33H2,1-5H3,(H2,91,108)(H,93,109)(H,95,122)(H,96,119)(H,97,116)(H,98,118)(H,99,120)(H,100,115)(H,101,117)(H,102,121)/t36-,49+,50-,57+,60-,62+,63+,64+,65+,66-,67+,68+,69+,70-,72+,73+,81-,83-/m0/s1. The maximum absolute atomic E-state index is 16.4. The van der Waals surface area contributed by atoms with Crippen LogP contribution in [0.15, 0.2) is 103 Å². The second-order valence-electron chi connectivity index (χ2n) is 32.4. The summed E-state index contributed by atoms with van der Waals surface area (Å²) < 4.78 is 81.8. The fraction of sp³-hybridized carbons (Fsp3) is 0.440. The number of urea groups is 1. The molecule has 22 N–H and O–H groups in total. The smallest absolute Gasteiger partial charge is 0.508 e. The number of piperidine rings is 1. The van der Waals surface area contributed by atoms with Gasteiger partial charge in [-0.2, -0.15) is 5.26 Å². The number of nitriles is 1. The molecule has 130 heavy (non-hydrogen) atoms. The Morgan fingerprint density at radius 1 is 0.738 bits per heavy atom. The summed E-state index contributed by atoms with van der Waals surface area (Å²) in [4.78, 5) is 152. The molecule has 0 radical (unpaired) electrons. The number of halogens is 5. The molecule has 11 amide bonds. The van der Waals surface area contributed by atoms with Crippen molar-refractivity contribution in [2.75, 3.05) is 45.2 Å². The maximum atomic E-state index is 16.4. The van der Waals surface area contributed by atoms with Gasteiger partial charge in [0.05, 0.1) is 41.3 Å². The van der Waals surface area contributed by atoms with Crippen LogP contribution in [-0.2, 0) is 62.2 Å². The fourth-order valence-corrected chi connectivity index (χ4v) is 16.4. The Kier molecular flexibility index (Phi) is 30.8. The van der Waals surface area contributed by atoms with E-state index < -0.39 is 284 Å². The number of aromatic hydroxyl groups is 3. The lowest BCUT2D eigenvalue weighted by Gasteiger charge is -2.48. The van der Waals surface area contributed by atoms with Crippen LogP contribution >= 0.6 is 23.2 Å². The number of benzene rings is 6. The van der Waals surface area contributed by atoms with E-state index in [0.717, 1.165) is 84.9 Å². The Balaban J connectivity index is 0.973. The summed E-state index contributed by atoms with van der Waals surface area (Å²) in [5.74, 6) is -17.9. The van der Waals surface area contributed by atoms with Crippen molar-refractivity contribution in [3.05, 3.63) is 141 Å². The van der Waals surface area contributed by atoms with E-state index in [2.05, 4.69) is 52.6 Å². The molecule has 41 nitrogen and oxygen atoms in total. The minimum atomic E-state index is -4.92. The van der Waals surface area contributed by atoms with Gasteiger partial charge in [0, 0.05) is 47.9 Å². The minimum absolute atomic E-state index is 0.0359. The zero-order chi connectivity index (χ0) is 94.2. The Labute approximate surface area is 747 Å². The molecule has 46 heteroatoms. The fourth-order valence-electron chi connectivity index (χ4n) is 15.9. The SMILES string of the molecule is CN[C@H](CC(C)C)C(=O)N[C@H]1C(=O)N[C@@H](CC(N)=O)C(=O)N[C@H]2C(=O)N[C@H]3C(=O)N[C@H](C(=O)N[C@@H](C(=O)NOCC(=O)NC#N)c4cc(O)cc(O)c4-c4cc3ccc4O)[C@H](O)c3ccc(c(Cl)c3)Oc3cc2cc(c3O[C@@H]2O[C@H](CO)[C@@H](O)[C@H](O)[C@H]2O[C@H]2C[C@](C)(NCCC3CCN(C(=O)Nc4ccc(OC(F)(F)F)cc4)CC3)[C@H](O)[C@H](C)O2)Oc2ccc(cc2Cl)[C@H]1O. The van der Waals surface area contributed by atoms with E-state index in [4.69, 9.17) is 67.5 Å². The molecule has 0 unspecified atom stereocenters. The molecular formula is C84H95Cl2F3N14O27. The molecule has 8 aliphatic heterocycles. The number of alkyl halides is 3. The van der Waals surface area contributed by atoms with E-state index in [1.807, 2.05) is 5.48 Å². The lowest BCUT2D eigenvalue weighted by Crippen LogP contribution is -2.65. The van der Waals surface area contributed by atoms with Crippen molar-refractivity contribution < 1.29 is 145 Å². The number of rotatable bonds is 22. The number of phenols is 3. The van der Waals surface area contributed by atoms with Crippen molar-refractivity contribution in [2.45, 2.75) is 182 Å². The van der Waals surface area contributed by atoms with Gasteiger partial charge in [0.1, 0.15) is 101 Å². The predicted octanol–water partition coefficient (Wildman–Crippen LogP) is 2.53. The number of hydrogen-bond acceptors (Lipinski definition) is 30. The largest absolute Gasteiger partial charge is 0.573 e. The van der Waals surface area contributed by atoms with Crippen LogP contribution < -0.4 is 83.3 Å². The lowest BCUT2D eigenvalue weighted by atomic mass is 9.84. The first-order valence-corrected chi connectivity index (χ1v) is 41.6. The highest BCUT2D eigenvalue weighted by molar-refractivity contribution is 6.32. The van der Waals surface area contributed by atoms with Gasteiger partial charge in [-0.05, 0) is 172 Å². The zero-order valence-corrected chi connectivity index (χ0v) is 71.3. The Bertz CT molecular complexity index is 5310. The Hall–Kier alpha value is -12.2. The number of nitrogens with zero attached hydrogens (tertiary/aromatic N) is 2. The van der Waals surface area contributed by atoms with Gasteiger partial charge >= 0.3 is 12.4 Å². The van der Waals surface area contributed by atoms with Crippen molar-refractivity contribution in [3.63, 3.8) is 0 Å².